The second kappa shape index (κ2) is 4.08. The Morgan fingerprint density at radius 3 is 2.75 bits per heavy atom. The van der Waals surface area contributed by atoms with Gasteiger partial charge in [0.2, 0.25) is 0 Å². The molecule has 1 unspecified atom stereocenters. The molecule has 1 heterocycles. The van der Waals surface area contributed by atoms with Crippen molar-refractivity contribution in [1.82, 2.24) is 9.97 Å². The summed E-state index contributed by atoms with van der Waals surface area (Å²) >= 11 is 0. The first-order chi connectivity index (χ1) is 7.61. The van der Waals surface area contributed by atoms with Gasteiger partial charge in [-0.3, -0.25) is 4.98 Å². The maximum atomic E-state index is 5.88. The van der Waals surface area contributed by atoms with Crippen molar-refractivity contribution in [3.05, 3.63) is 29.6 Å². The molecule has 0 bridgehead atoms. The van der Waals surface area contributed by atoms with Crippen molar-refractivity contribution in [3.63, 3.8) is 0 Å². The lowest BCUT2D eigenvalue weighted by atomic mass is 10.1. The van der Waals surface area contributed by atoms with Gasteiger partial charge in [0.25, 0.3) is 0 Å². The van der Waals surface area contributed by atoms with Crippen molar-refractivity contribution in [1.29, 1.82) is 0 Å². The molecule has 84 valence electrons. The smallest absolute Gasteiger partial charge is 0.0910 e. The van der Waals surface area contributed by atoms with Gasteiger partial charge in [0.15, 0.2) is 0 Å². The third-order valence-corrected chi connectivity index (χ3v) is 3.07. The highest BCUT2D eigenvalue weighted by molar-refractivity contribution is 5.79. The molecule has 0 aliphatic heterocycles. The maximum absolute atomic E-state index is 5.88. The van der Waals surface area contributed by atoms with Crippen LogP contribution in [0.2, 0.25) is 0 Å². The van der Waals surface area contributed by atoms with Crippen LogP contribution in [0.1, 0.15) is 37.4 Å². The highest BCUT2D eigenvalue weighted by Crippen LogP contribution is 2.21. The summed E-state index contributed by atoms with van der Waals surface area (Å²) < 4.78 is 0. The van der Waals surface area contributed by atoms with Crippen LogP contribution in [0.4, 0.5) is 5.69 Å². The van der Waals surface area contributed by atoms with Crippen LogP contribution in [-0.2, 0) is 0 Å². The zero-order valence-corrected chi connectivity index (χ0v) is 9.99. The second-order valence-electron chi connectivity index (χ2n) is 4.30. The largest absolute Gasteiger partial charge is 0.398 e. The molecule has 1 atom stereocenters. The molecule has 0 aliphatic carbocycles. The van der Waals surface area contributed by atoms with Crippen LogP contribution >= 0.6 is 0 Å². The molecule has 0 spiro atoms. The molecular weight excluding hydrogens is 198 g/mol. The molecule has 0 amide bonds. The summed E-state index contributed by atoms with van der Waals surface area (Å²) in [5.74, 6) is 0.444. The number of hydrogen-bond acceptors (Lipinski definition) is 3. The lowest BCUT2D eigenvalue weighted by molar-refractivity contribution is 0.708. The number of nitrogen functional groups attached to an aromatic ring is 1. The molecule has 2 rings (SSSR count). The van der Waals surface area contributed by atoms with Crippen molar-refractivity contribution in [3.8, 4) is 0 Å². The Labute approximate surface area is 95.7 Å². The van der Waals surface area contributed by atoms with Gasteiger partial charge in [0, 0.05) is 11.9 Å². The quantitative estimate of drug-likeness (QED) is 0.783. The van der Waals surface area contributed by atoms with E-state index >= 15 is 0 Å². The number of fused-ring (bicyclic) bond motifs is 1. The minimum atomic E-state index is 0.444. The Kier molecular flexibility index (Phi) is 2.77. The molecule has 3 heteroatoms. The fourth-order valence-electron chi connectivity index (χ4n) is 1.64. The van der Waals surface area contributed by atoms with Crippen LogP contribution < -0.4 is 5.73 Å². The zero-order chi connectivity index (χ0) is 11.7. The number of nitrogens with two attached hydrogens (primary N) is 1. The van der Waals surface area contributed by atoms with Gasteiger partial charge in [-0.2, -0.15) is 0 Å². The van der Waals surface area contributed by atoms with Crippen LogP contribution in [0.3, 0.4) is 0 Å². The Morgan fingerprint density at radius 1 is 1.31 bits per heavy atom. The second-order valence-corrected chi connectivity index (χ2v) is 4.30. The van der Waals surface area contributed by atoms with E-state index in [1.807, 2.05) is 25.3 Å². The molecular formula is C13H17N3. The number of rotatable bonds is 2. The summed E-state index contributed by atoms with van der Waals surface area (Å²) in [7, 11) is 0. The summed E-state index contributed by atoms with van der Waals surface area (Å²) in [5, 5.41) is 0. The number of aromatic nitrogens is 2. The number of benzene rings is 1. The molecule has 0 aliphatic rings. The number of nitrogens with zero attached hydrogens (tertiary/aromatic N) is 2. The Hall–Kier alpha value is -1.64. The summed E-state index contributed by atoms with van der Waals surface area (Å²) in [6.07, 6.45) is 2.94. The third kappa shape index (κ3) is 1.85. The van der Waals surface area contributed by atoms with Crippen LogP contribution in [0.15, 0.2) is 18.3 Å². The number of hydrogen-bond donors (Lipinski definition) is 1. The van der Waals surface area contributed by atoms with Crippen molar-refractivity contribution in [2.75, 3.05) is 5.73 Å². The van der Waals surface area contributed by atoms with Crippen molar-refractivity contribution in [2.45, 2.75) is 33.1 Å². The fraction of sp³-hybridized carbons (Fsp3) is 0.385. The van der Waals surface area contributed by atoms with E-state index in [4.69, 9.17) is 5.73 Å². The van der Waals surface area contributed by atoms with Crippen molar-refractivity contribution in [2.24, 2.45) is 0 Å². The van der Waals surface area contributed by atoms with Gasteiger partial charge in [-0.1, -0.05) is 13.8 Å². The average Bonchev–Trinajstić information content (AvgIpc) is 2.29. The Morgan fingerprint density at radius 2 is 2.06 bits per heavy atom. The molecule has 0 saturated carbocycles. The summed E-state index contributed by atoms with van der Waals surface area (Å²) in [6, 6.07) is 3.89. The predicted octanol–water partition coefficient (Wildman–Crippen LogP) is 3.03. The molecule has 1 aromatic heterocycles. The van der Waals surface area contributed by atoms with Crippen LogP contribution in [0.25, 0.3) is 11.0 Å². The van der Waals surface area contributed by atoms with Crippen molar-refractivity contribution < 1.29 is 0 Å². The molecule has 0 saturated heterocycles. The van der Waals surface area contributed by atoms with Gasteiger partial charge >= 0.3 is 0 Å². The fourth-order valence-corrected chi connectivity index (χ4v) is 1.64. The van der Waals surface area contributed by atoms with E-state index in [0.29, 0.717) is 5.92 Å². The third-order valence-electron chi connectivity index (χ3n) is 3.07. The lowest BCUT2D eigenvalue weighted by Gasteiger charge is -2.09. The van der Waals surface area contributed by atoms with Gasteiger partial charge < -0.3 is 5.73 Å². The molecule has 0 radical (unpaired) electrons. The van der Waals surface area contributed by atoms with E-state index in [0.717, 1.165) is 34.4 Å². The van der Waals surface area contributed by atoms with E-state index < -0.39 is 0 Å². The Bertz CT molecular complexity index is 520. The van der Waals surface area contributed by atoms with E-state index in [1.54, 1.807) is 0 Å². The molecule has 2 aromatic rings. The van der Waals surface area contributed by atoms with E-state index in [9.17, 15) is 0 Å². The topological polar surface area (TPSA) is 51.8 Å². The standard InChI is InChI=1S/C13H17N3/c1-4-8(2)13-7-15-11-5-9(3)10(14)6-12(11)16-13/h5-8H,4,14H2,1-3H3. The molecule has 0 fully saturated rings. The van der Waals surface area contributed by atoms with Gasteiger partial charge in [-0.15, -0.1) is 0 Å². The first-order valence-electron chi connectivity index (χ1n) is 5.64. The van der Waals surface area contributed by atoms with Crippen LogP contribution in [0, 0.1) is 6.92 Å². The number of anilines is 1. The van der Waals surface area contributed by atoms with Gasteiger partial charge in [-0.25, -0.2) is 4.98 Å². The average molecular weight is 215 g/mol. The summed E-state index contributed by atoms with van der Waals surface area (Å²) in [6.45, 7) is 6.30. The van der Waals surface area contributed by atoms with Gasteiger partial charge in [-0.05, 0) is 37.0 Å². The van der Waals surface area contributed by atoms with Crippen LogP contribution in [-0.4, -0.2) is 9.97 Å². The first kappa shape index (κ1) is 10.9. The summed E-state index contributed by atoms with van der Waals surface area (Å²) in [5.41, 5.74) is 10.6. The maximum Gasteiger partial charge on any atom is 0.0910 e. The minimum absolute atomic E-state index is 0.444. The van der Waals surface area contributed by atoms with Gasteiger partial charge in [0.1, 0.15) is 0 Å². The first-order valence-corrected chi connectivity index (χ1v) is 5.64. The normalized spacial score (nSPS) is 12.9. The predicted molar refractivity (Wildman–Crippen MR) is 67.4 cm³/mol. The van der Waals surface area contributed by atoms with Crippen LogP contribution in [0.5, 0.6) is 0 Å². The molecule has 3 nitrogen and oxygen atoms in total. The highest BCUT2D eigenvalue weighted by Gasteiger charge is 2.07. The molecule has 1 aromatic carbocycles. The van der Waals surface area contributed by atoms with E-state index in [1.165, 1.54) is 0 Å². The zero-order valence-electron chi connectivity index (χ0n) is 9.99. The molecule has 2 N–H and O–H groups in total. The Balaban J connectivity index is 2.57. The minimum Gasteiger partial charge on any atom is -0.398 e. The lowest BCUT2D eigenvalue weighted by Crippen LogP contribution is -1.99. The highest BCUT2D eigenvalue weighted by atomic mass is 14.8. The SMILES string of the molecule is CCC(C)c1cnc2cc(C)c(N)cc2n1. The van der Waals surface area contributed by atoms with E-state index in [2.05, 4.69) is 23.8 Å². The number of aryl methyl sites for hydroxylation is 1. The van der Waals surface area contributed by atoms with E-state index in [-0.39, 0.29) is 0 Å². The molecule has 16 heavy (non-hydrogen) atoms. The summed E-state index contributed by atoms with van der Waals surface area (Å²) in [4.78, 5) is 9.04. The van der Waals surface area contributed by atoms with Crippen molar-refractivity contribution >= 4 is 16.7 Å². The van der Waals surface area contributed by atoms with Gasteiger partial charge in [0.05, 0.1) is 16.7 Å². The monoisotopic (exact) mass is 215 g/mol.